The van der Waals surface area contributed by atoms with Gasteiger partial charge in [0.2, 0.25) is 0 Å². The van der Waals surface area contributed by atoms with Gasteiger partial charge in [0.05, 0.1) is 6.20 Å². The summed E-state index contributed by atoms with van der Waals surface area (Å²) in [6.07, 6.45) is 1.74. The number of fused-ring (bicyclic) bond motifs is 1. The van der Waals surface area contributed by atoms with E-state index < -0.39 is 0 Å². The normalized spacial score (nSPS) is 13.3. The molecule has 1 aromatic carbocycles. The minimum atomic E-state index is -0.0460. The lowest BCUT2D eigenvalue weighted by molar-refractivity contribution is 0.0951. The molecule has 1 aromatic heterocycles. The van der Waals surface area contributed by atoms with Crippen molar-refractivity contribution in [2.75, 3.05) is 0 Å². The number of hydrogen-bond donors (Lipinski definition) is 3. The van der Waals surface area contributed by atoms with Crippen molar-refractivity contribution < 1.29 is 4.79 Å². The smallest absolute Gasteiger partial charge is 0.251 e. The molecule has 2 heterocycles. The molecule has 0 unspecified atom stereocenters. The first-order valence-corrected chi connectivity index (χ1v) is 6.33. The van der Waals surface area contributed by atoms with E-state index in [2.05, 4.69) is 20.8 Å². The van der Waals surface area contributed by atoms with Crippen molar-refractivity contribution in [2.45, 2.75) is 26.6 Å². The zero-order valence-corrected chi connectivity index (χ0v) is 10.8. The zero-order chi connectivity index (χ0) is 13.2. The van der Waals surface area contributed by atoms with Crippen LogP contribution in [0.1, 0.15) is 32.7 Å². The average molecular weight is 256 g/mol. The van der Waals surface area contributed by atoms with Gasteiger partial charge in [-0.3, -0.25) is 9.89 Å². The minimum absolute atomic E-state index is 0.0460. The molecule has 2 aromatic rings. The van der Waals surface area contributed by atoms with Crippen LogP contribution in [-0.4, -0.2) is 16.1 Å². The molecule has 0 saturated heterocycles. The van der Waals surface area contributed by atoms with E-state index in [4.69, 9.17) is 0 Å². The lowest BCUT2D eigenvalue weighted by Crippen LogP contribution is -2.23. The van der Waals surface area contributed by atoms with Crippen molar-refractivity contribution in [1.29, 1.82) is 0 Å². The van der Waals surface area contributed by atoms with Gasteiger partial charge in [-0.2, -0.15) is 5.10 Å². The molecule has 0 bridgehead atoms. The Kier molecular flexibility index (Phi) is 3.05. The van der Waals surface area contributed by atoms with Crippen LogP contribution in [0.3, 0.4) is 0 Å². The molecule has 3 N–H and O–H groups in total. The molecule has 0 aliphatic carbocycles. The molecule has 1 aliphatic heterocycles. The van der Waals surface area contributed by atoms with Crippen LogP contribution in [0.4, 0.5) is 0 Å². The van der Waals surface area contributed by atoms with Gasteiger partial charge in [-0.1, -0.05) is 6.07 Å². The summed E-state index contributed by atoms with van der Waals surface area (Å²) in [4.78, 5) is 12.1. The third-order valence-electron chi connectivity index (χ3n) is 3.47. The highest BCUT2D eigenvalue weighted by atomic mass is 16.1. The molecule has 5 heteroatoms. The van der Waals surface area contributed by atoms with Gasteiger partial charge in [0.15, 0.2) is 0 Å². The van der Waals surface area contributed by atoms with E-state index in [1.54, 1.807) is 6.20 Å². The van der Waals surface area contributed by atoms with Gasteiger partial charge in [0, 0.05) is 36.5 Å². The van der Waals surface area contributed by atoms with Gasteiger partial charge in [-0.05, 0) is 30.2 Å². The van der Waals surface area contributed by atoms with Crippen LogP contribution in [0.5, 0.6) is 0 Å². The highest BCUT2D eigenvalue weighted by Gasteiger charge is 2.13. The number of hydrogen-bond acceptors (Lipinski definition) is 3. The number of aromatic nitrogens is 2. The molecule has 0 atom stereocenters. The number of amides is 1. The molecular weight excluding hydrogens is 240 g/mol. The van der Waals surface area contributed by atoms with Crippen LogP contribution in [-0.2, 0) is 19.6 Å². The highest BCUT2D eigenvalue weighted by molar-refractivity contribution is 5.94. The van der Waals surface area contributed by atoms with Gasteiger partial charge < -0.3 is 10.6 Å². The van der Waals surface area contributed by atoms with E-state index in [9.17, 15) is 4.79 Å². The second kappa shape index (κ2) is 4.85. The zero-order valence-electron chi connectivity index (χ0n) is 10.8. The van der Waals surface area contributed by atoms with Crippen molar-refractivity contribution in [2.24, 2.45) is 0 Å². The fourth-order valence-electron chi connectivity index (χ4n) is 2.27. The monoisotopic (exact) mass is 256 g/mol. The topological polar surface area (TPSA) is 69.8 Å². The molecule has 3 rings (SSSR count). The minimum Gasteiger partial charge on any atom is -0.348 e. The number of aryl methyl sites for hydroxylation is 1. The predicted octanol–water partition coefficient (Wildman–Crippen LogP) is 1.25. The van der Waals surface area contributed by atoms with Gasteiger partial charge >= 0.3 is 0 Å². The molecule has 0 fully saturated rings. The molecular formula is C14H16N4O. The number of aromatic amines is 1. The maximum absolute atomic E-state index is 12.1. The van der Waals surface area contributed by atoms with Crippen LogP contribution in [0, 0.1) is 6.92 Å². The largest absolute Gasteiger partial charge is 0.348 e. The number of nitrogens with one attached hydrogen (secondary N) is 3. The van der Waals surface area contributed by atoms with Crippen LogP contribution >= 0.6 is 0 Å². The molecule has 1 amide bonds. The Labute approximate surface area is 111 Å². The Balaban J connectivity index is 1.69. The third-order valence-corrected chi connectivity index (χ3v) is 3.47. The van der Waals surface area contributed by atoms with Crippen molar-refractivity contribution in [1.82, 2.24) is 20.8 Å². The molecule has 98 valence electrons. The lowest BCUT2D eigenvalue weighted by Gasteiger charge is -2.06. The fraction of sp³-hybridized carbons (Fsp3) is 0.286. The average Bonchev–Trinajstić information content (AvgIpc) is 3.03. The maximum Gasteiger partial charge on any atom is 0.251 e. The number of rotatable bonds is 3. The second-order valence-electron chi connectivity index (χ2n) is 4.79. The first-order chi connectivity index (χ1) is 9.24. The summed E-state index contributed by atoms with van der Waals surface area (Å²) in [5, 5.41) is 13.0. The third kappa shape index (κ3) is 2.37. The Morgan fingerprint density at radius 3 is 3.00 bits per heavy atom. The van der Waals surface area contributed by atoms with Crippen molar-refractivity contribution in [3.63, 3.8) is 0 Å². The summed E-state index contributed by atoms with van der Waals surface area (Å²) in [6, 6.07) is 5.86. The van der Waals surface area contributed by atoms with E-state index in [0.717, 1.165) is 24.3 Å². The number of carbonyl (C=O) groups excluding carboxylic acids is 1. The maximum atomic E-state index is 12.1. The quantitative estimate of drug-likeness (QED) is 0.774. The van der Waals surface area contributed by atoms with E-state index in [1.807, 2.05) is 25.1 Å². The van der Waals surface area contributed by atoms with E-state index in [-0.39, 0.29) is 5.91 Å². The molecule has 1 aliphatic rings. The van der Waals surface area contributed by atoms with Crippen LogP contribution < -0.4 is 10.6 Å². The van der Waals surface area contributed by atoms with Crippen LogP contribution in [0.15, 0.2) is 24.4 Å². The second-order valence-corrected chi connectivity index (χ2v) is 4.79. The van der Waals surface area contributed by atoms with Crippen molar-refractivity contribution in [3.8, 4) is 0 Å². The SMILES string of the molecule is Cc1[nH]ncc1CNC(=O)c1ccc2c(c1)CNC2. The first kappa shape index (κ1) is 11.9. The van der Waals surface area contributed by atoms with Gasteiger partial charge in [-0.15, -0.1) is 0 Å². The lowest BCUT2D eigenvalue weighted by atomic mass is 10.1. The Bertz CT molecular complexity index is 618. The van der Waals surface area contributed by atoms with E-state index in [0.29, 0.717) is 12.1 Å². The molecule has 0 saturated carbocycles. The summed E-state index contributed by atoms with van der Waals surface area (Å²) in [5.74, 6) is -0.0460. The van der Waals surface area contributed by atoms with Crippen LogP contribution in [0.2, 0.25) is 0 Å². The summed E-state index contributed by atoms with van der Waals surface area (Å²) >= 11 is 0. The van der Waals surface area contributed by atoms with Gasteiger partial charge in [0.25, 0.3) is 5.91 Å². The number of H-pyrrole nitrogens is 1. The standard InChI is InChI=1S/C14H16N4O/c1-9-13(8-17-18-9)7-16-14(19)10-2-3-11-5-15-6-12(11)4-10/h2-4,8,15H,5-7H2,1H3,(H,16,19)(H,17,18). The Hall–Kier alpha value is -2.14. The highest BCUT2D eigenvalue weighted by Crippen LogP contribution is 2.17. The number of nitrogens with zero attached hydrogens (tertiary/aromatic N) is 1. The van der Waals surface area contributed by atoms with Crippen molar-refractivity contribution >= 4 is 5.91 Å². The first-order valence-electron chi connectivity index (χ1n) is 6.33. The fourth-order valence-corrected chi connectivity index (χ4v) is 2.27. The molecule has 0 spiro atoms. The predicted molar refractivity (Wildman–Crippen MR) is 71.5 cm³/mol. The summed E-state index contributed by atoms with van der Waals surface area (Å²) in [7, 11) is 0. The van der Waals surface area contributed by atoms with Crippen LogP contribution in [0.25, 0.3) is 0 Å². The molecule has 19 heavy (non-hydrogen) atoms. The van der Waals surface area contributed by atoms with Gasteiger partial charge in [-0.25, -0.2) is 0 Å². The Morgan fingerprint density at radius 1 is 1.37 bits per heavy atom. The van der Waals surface area contributed by atoms with E-state index in [1.165, 1.54) is 11.1 Å². The van der Waals surface area contributed by atoms with Gasteiger partial charge in [0.1, 0.15) is 0 Å². The molecule has 5 nitrogen and oxygen atoms in total. The summed E-state index contributed by atoms with van der Waals surface area (Å²) in [5.41, 5.74) is 5.20. The van der Waals surface area contributed by atoms with Crippen molar-refractivity contribution in [3.05, 3.63) is 52.3 Å². The molecule has 0 radical (unpaired) electrons. The number of benzene rings is 1. The van der Waals surface area contributed by atoms with E-state index >= 15 is 0 Å². The summed E-state index contributed by atoms with van der Waals surface area (Å²) < 4.78 is 0. The Morgan fingerprint density at radius 2 is 2.21 bits per heavy atom. The number of carbonyl (C=O) groups is 1. The summed E-state index contributed by atoms with van der Waals surface area (Å²) in [6.45, 7) is 4.18.